The van der Waals surface area contributed by atoms with Gasteiger partial charge in [-0.1, -0.05) is 30.3 Å². The summed E-state index contributed by atoms with van der Waals surface area (Å²) in [6, 6.07) is 3.00. The molecule has 3 amide bonds. The van der Waals surface area contributed by atoms with E-state index in [0.29, 0.717) is 17.7 Å². The van der Waals surface area contributed by atoms with Crippen molar-refractivity contribution in [2.24, 2.45) is 5.73 Å². The van der Waals surface area contributed by atoms with E-state index in [1.165, 1.54) is 11.8 Å². The molecule has 0 aliphatic carbocycles. The van der Waals surface area contributed by atoms with E-state index < -0.39 is 66.9 Å². The van der Waals surface area contributed by atoms with Crippen molar-refractivity contribution >= 4 is 41.4 Å². The summed E-state index contributed by atoms with van der Waals surface area (Å²) in [5.41, 5.74) is 6.35. The Labute approximate surface area is 200 Å². The van der Waals surface area contributed by atoms with Crippen molar-refractivity contribution in [1.29, 1.82) is 0 Å². The van der Waals surface area contributed by atoms with E-state index in [2.05, 4.69) is 16.0 Å². The molecule has 1 aromatic rings. The Morgan fingerprint density at radius 3 is 2.00 bits per heavy atom. The number of rotatable bonds is 15. The fraction of sp³-hybridized carbons (Fsp3) is 0.476. The molecule has 0 radical (unpaired) electrons. The average molecular weight is 499 g/mol. The molecule has 4 unspecified atom stereocenters. The lowest BCUT2D eigenvalue weighted by molar-refractivity contribution is -0.143. The Hall–Kier alpha value is -3.16. The molecule has 1 rings (SSSR count). The molecule has 188 valence electrons. The number of hydrogen-bond acceptors (Lipinski definition) is 8. The third-order valence-corrected chi connectivity index (χ3v) is 5.34. The molecular weight excluding hydrogens is 468 g/mol. The molecule has 0 heterocycles. The zero-order valence-electron chi connectivity index (χ0n) is 18.6. The summed E-state index contributed by atoms with van der Waals surface area (Å²) in [6.07, 6.45) is 1.24. The van der Waals surface area contributed by atoms with E-state index in [4.69, 9.17) is 10.8 Å². The largest absolute Gasteiger partial charge is 0.481 e. The predicted octanol–water partition coefficient (Wildman–Crippen LogP) is -1.68. The summed E-state index contributed by atoms with van der Waals surface area (Å²) in [7, 11) is 0. The molecule has 0 saturated carbocycles. The van der Waals surface area contributed by atoms with Gasteiger partial charge in [0.25, 0.3) is 0 Å². The summed E-state index contributed by atoms with van der Waals surface area (Å²) in [6.45, 7) is -0.833. The third kappa shape index (κ3) is 10.2. The number of carboxylic acid groups (broad SMARTS) is 2. The number of aliphatic hydroxyl groups is 1. The average Bonchev–Trinajstić information content (AvgIpc) is 2.79. The van der Waals surface area contributed by atoms with Crippen LogP contribution in [0.3, 0.4) is 0 Å². The second kappa shape index (κ2) is 14.9. The van der Waals surface area contributed by atoms with Gasteiger partial charge in [0.2, 0.25) is 17.7 Å². The second-order valence-corrected chi connectivity index (χ2v) is 8.37. The van der Waals surface area contributed by atoms with Crippen molar-refractivity contribution in [1.82, 2.24) is 16.0 Å². The highest BCUT2D eigenvalue weighted by Gasteiger charge is 2.31. The van der Waals surface area contributed by atoms with E-state index in [-0.39, 0.29) is 6.42 Å². The van der Waals surface area contributed by atoms with Gasteiger partial charge in [-0.15, -0.1) is 0 Å². The van der Waals surface area contributed by atoms with Gasteiger partial charge < -0.3 is 37.0 Å². The number of aliphatic hydroxyl groups excluding tert-OH is 1. The Kier molecular flexibility index (Phi) is 12.6. The Morgan fingerprint density at radius 2 is 1.47 bits per heavy atom. The number of carboxylic acids is 2. The molecule has 8 N–H and O–H groups in total. The summed E-state index contributed by atoms with van der Waals surface area (Å²) in [4.78, 5) is 60.2. The highest BCUT2D eigenvalue weighted by molar-refractivity contribution is 7.98. The van der Waals surface area contributed by atoms with E-state index in [1.807, 2.05) is 6.26 Å². The number of nitrogens with two attached hydrogens (primary N) is 1. The van der Waals surface area contributed by atoms with E-state index >= 15 is 0 Å². The summed E-state index contributed by atoms with van der Waals surface area (Å²) < 4.78 is 0. The molecular formula is C21H30N4O8S. The van der Waals surface area contributed by atoms with Crippen molar-refractivity contribution in [2.75, 3.05) is 18.6 Å². The number of hydrogen-bond donors (Lipinski definition) is 7. The van der Waals surface area contributed by atoms with Crippen LogP contribution in [-0.2, 0) is 30.4 Å². The molecule has 0 saturated heterocycles. The maximum absolute atomic E-state index is 12.7. The maximum atomic E-state index is 12.7. The van der Waals surface area contributed by atoms with Crippen LogP contribution in [0, 0.1) is 0 Å². The van der Waals surface area contributed by atoms with Crippen LogP contribution in [0.5, 0.6) is 0 Å². The molecule has 4 atom stereocenters. The van der Waals surface area contributed by atoms with Crippen LogP contribution < -0.4 is 21.7 Å². The number of nitrogens with one attached hydrogen (secondary N) is 3. The van der Waals surface area contributed by atoms with Crippen LogP contribution in [0.1, 0.15) is 18.4 Å². The van der Waals surface area contributed by atoms with Gasteiger partial charge in [-0.2, -0.15) is 11.8 Å². The quantitative estimate of drug-likeness (QED) is 0.146. The number of carbonyl (C=O) groups is 5. The van der Waals surface area contributed by atoms with Crippen LogP contribution in [0.2, 0.25) is 0 Å². The van der Waals surface area contributed by atoms with Gasteiger partial charge in [-0.05, 0) is 24.0 Å². The van der Waals surface area contributed by atoms with Crippen LogP contribution >= 0.6 is 11.8 Å². The molecule has 1 aromatic carbocycles. The third-order valence-electron chi connectivity index (χ3n) is 4.69. The van der Waals surface area contributed by atoms with Crippen LogP contribution in [0.15, 0.2) is 30.3 Å². The van der Waals surface area contributed by atoms with Crippen molar-refractivity contribution in [3.05, 3.63) is 35.9 Å². The first kappa shape index (κ1) is 28.9. The Morgan fingerprint density at radius 1 is 0.912 bits per heavy atom. The highest BCUT2D eigenvalue weighted by Crippen LogP contribution is 2.05. The van der Waals surface area contributed by atoms with Crippen LogP contribution in [-0.4, -0.2) is 87.8 Å². The Balaban J connectivity index is 2.88. The first-order chi connectivity index (χ1) is 16.1. The predicted molar refractivity (Wildman–Crippen MR) is 124 cm³/mol. The lowest BCUT2D eigenvalue weighted by Gasteiger charge is -2.23. The lowest BCUT2D eigenvalue weighted by Crippen LogP contribution is -2.58. The summed E-state index contributed by atoms with van der Waals surface area (Å²) in [5.74, 6) is -4.95. The minimum Gasteiger partial charge on any atom is -0.481 e. The number of benzene rings is 1. The van der Waals surface area contributed by atoms with Gasteiger partial charge in [0.1, 0.15) is 18.1 Å². The van der Waals surface area contributed by atoms with Crippen molar-refractivity contribution in [3.8, 4) is 0 Å². The number of thioether (sulfide) groups is 1. The second-order valence-electron chi connectivity index (χ2n) is 7.38. The fourth-order valence-electron chi connectivity index (χ4n) is 2.83. The summed E-state index contributed by atoms with van der Waals surface area (Å²) >= 11 is 1.47. The standard InChI is InChI=1S/C21H30N4O8S/c1-34-8-7-13(22)18(29)25-16(11-26)20(31)23-14(10-17(27)28)19(30)24-15(21(32)33)9-12-5-3-2-4-6-12/h2-6,13-16,26H,7-11,22H2,1H3,(H,23,31)(H,24,30)(H,25,29)(H,27,28)(H,32,33). The maximum Gasteiger partial charge on any atom is 0.326 e. The molecule has 13 heteroatoms. The number of carbonyl (C=O) groups excluding carboxylic acids is 3. The SMILES string of the molecule is CSCCC(N)C(=O)NC(CO)C(=O)NC(CC(=O)O)C(=O)NC(Cc1ccccc1)C(=O)O. The zero-order valence-corrected chi connectivity index (χ0v) is 19.4. The van der Waals surface area contributed by atoms with E-state index in [1.54, 1.807) is 30.3 Å². The molecule has 34 heavy (non-hydrogen) atoms. The fourth-order valence-corrected chi connectivity index (χ4v) is 3.32. The monoisotopic (exact) mass is 498 g/mol. The van der Waals surface area contributed by atoms with Crippen molar-refractivity contribution in [2.45, 2.75) is 43.4 Å². The number of amides is 3. The zero-order chi connectivity index (χ0) is 25.7. The van der Waals surface area contributed by atoms with Crippen molar-refractivity contribution < 1.29 is 39.3 Å². The van der Waals surface area contributed by atoms with Crippen LogP contribution in [0.4, 0.5) is 0 Å². The minimum absolute atomic E-state index is 0.0705. The van der Waals surface area contributed by atoms with E-state index in [9.17, 15) is 34.2 Å². The normalized spacial score (nSPS) is 14.2. The van der Waals surface area contributed by atoms with Gasteiger partial charge in [0.15, 0.2) is 0 Å². The van der Waals surface area contributed by atoms with Crippen molar-refractivity contribution in [3.63, 3.8) is 0 Å². The van der Waals surface area contributed by atoms with Crippen LogP contribution in [0.25, 0.3) is 0 Å². The number of aliphatic carboxylic acids is 2. The van der Waals surface area contributed by atoms with Gasteiger partial charge in [-0.25, -0.2) is 4.79 Å². The molecule has 0 aliphatic rings. The summed E-state index contributed by atoms with van der Waals surface area (Å²) in [5, 5.41) is 34.7. The first-order valence-electron chi connectivity index (χ1n) is 10.3. The molecule has 12 nitrogen and oxygen atoms in total. The molecule has 0 spiro atoms. The lowest BCUT2D eigenvalue weighted by atomic mass is 10.0. The van der Waals surface area contributed by atoms with Gasteiger partial charge >= 0.3 is 11.9 Å². The molecule has 0 bridgehead atoms. The highest BCUT2D eigenvalue weighted by atomic mass is 32.2. The van der Waals surface area contributed by atoms with Gasteiger partial charge in [0, 0.05) is 6.42 Å². The molecule has 0 fully saturated rings. The topological polar surface area (TPSA) is 208 Å². The van der Waals surface area contributed by atoms with Gasteiger partial charge in [-0.3, -0.25) is 19.2 Å². The smallest absolute Gasteiger partial charge is 0.326 e. The minimum atomic E-state index is -1.65. The van der Waals surface area contributed by atoms with Gasteiger partial charge in [0.05, 0.1) is 19.1 Å². The van der Waals surface area contributed by atoms with E-state index in [0.717, 1.165) is 0 Å². The Bertz CT molecular complexity index is 854. The molecule has 0 aliphatic heterocycles. The first-order valence-corrected chi connectivity index (χ1v) is 11.7. The molecule has 0 aromatic heterocycles.